The summed E-state index contributed by atoms with van der Waals surface area (Å²) in [6, 6.07) is 9.32. The van der Waals surface area contributed by atoms with E-state index in [0.717, 1.165) is 5.92 Å². The van der Waals surface area contributed by atoms with Crippen molar-refractivity contribution in [1.29, 1.82) is 0 Å². The van der Waals surface area contributed by atoms with Crippen molar-refractivity contribution in [3.63, 3.8) is 0 Å². The zero-order valence-corrected chi connectivity index (χ0v) is 15.3. The number of alkyl halides is 1. The molecule has 0 nitrogen and oxygen atoms in total. The summed E-state index contributed by atoms with van der Waals surface area (Å²) < 4.78 is 0. The molecular weight excluding hydrogens is 308 g/mol. The van der Waals surface area contributed by atoms with Crippen LogP contribution >= 0.6 is 15.9 Å². The molecule has 1 aromatic rings. The van der Waals surface area contributed by atoms with Gasteiger partial charge in [-0.1, -0.05) is 81.2 Å². The highest BCUT2D eigenvalue weighted by Gasteiger charge is 2.39. The minimum atomic E-state index is 0.285. The maximum Gasteiger partial charge on any atom is 0.0428 e. The van der Waals surface area contributed by atoms with Gasteiger partial charge in [-0.15, -0.1) is 0 Å². The standard InChI is InChI=1S/C19H29Br/c1-6-18(2,3)15-11-9-14(10-12-15)17(20)16-8-7-13-19(16,4)5/h9-12,16-17H,6-8,13H2,1-5H3. The average molecular weight is 337 g/mol. The van der Waals surface area contributed by atoms with Gasteiger partial charge >= 0.3 is 0 Å². The predicted octanol–water partition coefficient (Wildman–Crippen LogP) is 6.64. The van der Waals surface area contributed by atoms with Crippen LogP contribution in [0.15, 0.2) is 24.3 Å². The van der Waals surface area contributed by atoms with E-state index in [9.17, 15) is 0 Å². The normalized spacial score (nSPS) is 23.8. The van der Waals surface area contributed by atoms with E-state index in [1.54, 1.807) is 0 Å². The highest BCUT2D eigenvalue weighted by molar-refractivity contribution is 9.09. The van der Waals surface area contributed by atoms with E-state index >= 15 is 0 Å². The molecule has 1 aliphatic carbocycles. The molecule has 0 bridgehead atoms. The van der Waals surface area contributed by atoms with Gasteiger partial charge in [0.15, 0.2) is 0 Å². The van der Waals surface area contributed by atoms with E-state index < -0.39 is 0 Å². The summed E-state index contributed by atoms with van der Waals surface area (Å²) in [5.41, 5.74) is 3.65. The quantitative estimate of drug-likeness (QED) is 0.540. The van der Waals surface area contributed by atoms with Crippen LogP contribution in [0.3, 0.4) is 0 Å². The zero-order chi connectivity index (χ0) is 15.0. The van der Waals surface area contributed by atoms with Gasteiger partial charge in [0.05, 0.1) is 0 Å². The summed E-state index contributed by atoms with van der Waals surface area (Å²) in [5.74, 6) is 0.757. The van der Waals surface area contributed by atoms with Crippen LogP contribution in [0, 0.1) is 11.3 Å². The van der Waals surface area contributed by atoms with Gasteiger partial charge in [0.25, 0.3) is 0 Å². The molecule has 0 aliphatic heterocycles. The first-order valence-electron chi connectivity index (χ1n) is 8.02. The van der Waals surface area contributed by atoms with Crippen LogP contribution in [0.2, 0.25) is 0 Å². The molecule has 0 N–H and O–H groups in total. The highest BCUT2D eigenvalue weighted by Crippen LogP contribution is 2.51. The molecule has 1 heteroatoms. The Morgan fingerprint density at radius 2 is 1.85 bits per heavy atom. The smallest absolute Gasteiger partial charge is 0.0428 e. The van der Waals surface area contributed by atoms with Gasteiger partial charge in [0.1, 0.15) is 0 Å². The molecule has 0 saturated heterocycles. The first kappa shape index (κ1) is 16.1. The van der Waals surface area contributed by atoms with Crippen LogP contribution in [0.4, 0.5) is 0 Å². The van der Waals surface area contributed by atoms with Gasteiger partial charge < -0.3 is 0 Å². The molecule has 1 aromatic carbocycles. The van der Waals surface area contributed by atoms with Crippen molar-refractivity contribution in [3.05, 3.63) is 35.4 Å². The Bertz CT molecular complexity index is 441. The van der Waals surface area contributed by atoms with Crippen molar-refractivity contribution in [2.24, 2.45) is 11.3 Å². The second-order valence-electron chi connectivity index (χ2n) is 7.75. The Hall–Kier alpha value is -0.300. The molecule has 20 heavy (non-hydrogen) atoms. The second kappa shape index (κ2) is 5.83. The molecule has 2 atom stereocenters. The van der Waals surface area contributed by atoms with Crippen LogP contribution in [-0.2, 0) is 5.41 Å². The third-order valence-electron chi connectivity index (χ3n) is 5.59. The maximum atomic E-state index is 3.98. The summed E-state index contributed by atoms with van der Waals surface area (Å²) in [6.45, 7) is 11.8. The van der Waals surface area contributed by atoms with E-state index in [2.05, 4.69) is 74.8 Å². The molecule has 1 fully saturated rings. The Balaban J connectivity index is 2.18. The van der Waals surface area contributed by atoms with Crippen LogP contribution in [0.25, 0.3) is 0 Å². The molecule has 0 heterocycles. The molecule has 0 amide bonds. The molecule has 112 valence electrons. The van der Waals surface area contributed by atoms with Crippen molar-refractivity contribution in [3.8, 4) is 0 Å². The molecule has 1 saturated carbocycles. The fourth-order valence-corrected chi connectivity index (χ4v) is 4.74. The van der Waals surface area contributed by atoms with Crippen LogP contribution in [0.1, 0.15) is 76.3 Å². The highest BCUT2D eigenvalue weighted by atomic mass is 79.9. The Labute approximate surface area is 133 Å². The predicted molar refractivity (Wildman–Crippen MR) is 92.5 cm³/mol. The number of benzene rings is 1. The Kier molecular flexibility index (Phi) is 4.69. The lowest BCUT2D eigenvalue weighted by molar-refractivity contribution is 0.257. The summed E-state index contributed by atoms with van der Waals surface area (Å²) in [7, 11) is 0. The van der Waals surface area contributed by atoms with E-state index in [1.165, 1.54) is 36.8 Å². The van der Waals surface area contributed by atoms with Gasteiger partial charge in [0.2, 0.25) is 0 Å². The first-order valence-corrected chi connectivity index (χ1v) is 8.94. The lowest BCUT2D eigenvalue weighted by Crippen LogP contribution is -2.21. The van der Waals surface area contributed by atoms with Crippen LogP contribution in [-0.4, -0.2) is 0 Å². The van der Waals surface area contributed by atoms with Gasteiger partial charge in [0, 0.05) is 4.83 Å². The van der Waals surface area contributed by atoms with Crippen molar-refractivity contribution >= 4 is 15.9 Å². The van der Waals surface area contributed by atoms with Gasteiger partial charge in [-0.2, -0.15) is 0 Å². The topological polar surface area (TPSA) is 0 Å². The molecule has 0 aromatic heterocycles. The van der Waals surface area contributed by atoms with E-state index in [-0.39, 0.29) is 5.41 Å². The van der Waals surface area contributed by atoms with Crippen molar-refractivity contribution < 1.29 is 0 Å². The molecule has 2 unspecified atom stereocenters. The minimum Gasteiger partial charge on any atom is -0.0836 e. The second-order valence-corrected chi connectivity index (χ2v) is 8.74. The monoisotopic (exact) mass is 336 g/mol. The third kappa shape index (κ3) is 3.13. The summed E-state index contributed by atoms with van der Waals surface area (Å²) in [5, 5.41) is 0. The van der Waals surface area contributed by atoms with E-state index in [4.69, 9.17) is 0 Å². The van der Waals surface area contributed by atoms with Gasteiger partial charge in [-0.05, 0) is 47.1 Å². The third-order valence-corrected chi connectivity index (χ3v) is 6.75. The number of hydrogen-bond donors (Lipinski definition) is 0. The molecular formula is C19H29Br. The zero-order valence-electron chi connectivity index (χ0n) is 13.7. The summed E-state index contributed by atoms with van der Waals surface area (Å²) in [4.78, 5) is 0.499. The Morgan fingerprint density at radius 1 is 1.25 bits per heavy atom. The fourth-order valence-electron chi connectivity index (χ4n) is 3.45. The number of rotatable bonds is 4. The number of hydrogen-bond acceptors (Lipinski definition) is 0. The largest absolute Gasteiger partial charge is 0.0836 e. The first-order chi connectivity index (χ1) is 9.28. The van der Waals surface area contributed by atoms with Crippen LogP contribution in [0.5, 0.6) is 0 Å². The molecule has 2 rings (SSSR count). The van der Waals surface area contributed by atoms with E-state index in [0.29, 0.717) is 10.2 Å². The van der Waals surface area contributed by atoms with Gasteiger partial charge in [-0.3, -0.25) is 0 Å². The van der Waals surface area contributed by atoms with Crippen molar-refractivity contribution in [2.75, 3.05) is 0 Å². The van der Waals surface area contributed by atoms with Crippen molar-refractivity contribution in [1.82, 2.24) is 0 Å². The molecule has 1 aliphatic rings. The van der Waals surface area contributed by atoms with E-state index in [1.807, 2.05) is 0 Å². The minimum absolute atomic E-state index is 0.285. The van der Waals surface area contributed by atoms with Crippen molar-refractivity contribution in [2.45, 2.75) is 70.5 Å². The average Bonchev–Trinajstić information content (AvgIpc) is 2.77. The summed E-state index contributed by atoms with van der Waals surface area (Å²) in [6.07, 6.45) is 5.27. The lowest BCUT2D eigenvalue weighted by atomic mass is 9.77. The molecule has 0 spiro atoms. The molecule has 0 radical (unpaired) electrons. The summed E-state index contributed by atoms with van der Waals surface area (Å²) >= 11 is 3.98. The fraction of sp³-hybridized carbons (Fsp3) is 0.684. The van der Waals surface area contributed by atoms with Crippen LogP contribution < -0.4 is 0 Å². The lowest BCUT2D eigenvalue weighted by Gasteiger charge is -2.32. The Morgan fingerprint density at radius 3 is 2.30 bits per heavy atom. The number of halogens is 1. The van der Waals surface area contributed by atoms with Gasteiger partial charge in [-0.25, -0.2) is 0 Å². The maximum absolute atomic E-state index is 3.98. The SMILES string of the molecule is CCC(C)(C)c1ccc(C(Br)C2CCCC2(C)C)cc1.